The summed E-state index contributed by atoms with van der Waals surface area (Å²) in [5.41, 5.74) is 5.02. The van der Waals surface area contributed by atoms with E-state index in [1.807, 2.05) is 0 Å². The van der Waals surface area contributed by atoms with Crippen LogP contribution < -0.4 is 11.4 Å². The summed E-state index contributed by atoms with van der Waals surface area (Å²) in [6, 6.07) is 5.66. The molecule has 2 rings (SSSR count). The maximum absolute atomic E-state index is 12.4. The number of nitrogen functional groups attached to an aromatic ring is 1. The molecule has 31 heavy (non-hydrogen) atoms. The fourth-order valence-electron chi connectivity index (χ4n) is 4.57. The Kier molecular flexibility index (Phi) is 8.08. The molecule has 0 saturated carbocycles. The lowest BCUT2D eigenvalue weighted by Gasteiger charge is -2.47. The van der Waals surface area contributed by atoms with Crippen molar-refractivity contribution in [1.82, 2.24) is 9.55 Å². The Balaban J connectivity index is 2.51. The second-order valence-corrected chi connectivity index (χ2v) is 15.0. The minimum absolute atomic E-state index is 0.0841. The Labute approximate surface area is 186 Å². The Hall–Kier alpha value is -1.73. The number of rotatable bonds is 8. The van der Waals surface area contributed by atoms with Crippen LogP contribution in [0.15, 0.2) is 17.1 Å². The highest BCUT2D eigenvalue weighted by atomic mass is 28.4. The van der Waals surface area contributed by atoms with Crippen molar-refractivity contribution in [2.75, 3.05) is 12.3 Å². The highest BCUT2D eigenvalue weighted by Crippen LogP contribution is 2.49. The molecule has 8 nitrogen and oxygen atoms in total. The molecule has 0 amide bonds. The third-order valence-electron chi connectivity index (χ3n) is 6.00. The van der Waals surface area contributed by atoms with Crippen LogP contribution in [0.25, 0.3) is 0 Å². The first kappa shape index (κ1) is 25.5. The highest BCUT2D eigenvalue weighted by molar-refractivity contribution is 6.76. The molecule has 0 unspecified atom stereocenters. The summed E-state index contributed by atoms with van der Waals surface area (Å²) in [4.78, 5) is 16.2. The quantitative estimate of drug-likeness (QED) is 0.582. The van der Waals surface area contributed by atoms with Crippen LogP contribution >= 0.6 is 0 Å². The zero-order chi connectivity index (χ0) is 23.6. The van der Waals surface area contributed by atoms with Gasteiger partial charge in [0.15, 0.2) is 14.5 Å². The molecule has 1 aromatic heterocycles. The summed E-state index contributed by atoms with van der Waals surface area (Å²) in [6.45, 7) is 15.1. The van der Waals surface area contributed by atoms with Crippen LogP contribution in [0.2, 0.25) is 17.1 Å². The Bertz CT molecular complexity index is 833. The molecule has 1 aromatic rings. The fourth-order valence-corrected chi connectivity index (χ4v) is 9.97. The van der Waals surface area contributed by atoms with E-state index in [-0.39, 0.29) is 17.5 Å². The van der Waals surface area contributed by atoms with Crippen molar-refractivity contribution in [2.45, 2.75) is 84.0 Å². The summed E-state index contributed by atoms with van der Waals surface area (Å²) in [7, 11) is -2.42. The number of hydrogen-bond acceptors (Lipinski definition) is 7. The fraction of sp³-hybridized carbons (Fsp3) is 0.773. The van der Waals surface area contributed by atoms with Gasteiger partial charge in [0.1, 0.15) is 17.8 Å². The smallest absolute Gasteiger partial charge is 0.351 e. The van der Waals surface area contributed by atoms with Crippen LogP contribution in [0.1, 0.15) is 54.7 Å². The lowest BCUT2D eigenvalue weighted by molar-refractivity contribution is -0.0456. The summed E-state index contributed by atoms with van der Waals surface area (Å²) in [5, 5.41) is 20.0. The Morgan fingerprint density at radius 3 is 2.32 bits per heavy atom. The van der Waals surface area contributed by atoms with Gasteiger partial charge in [-0.25, -0.2) is 4.79 Å². The normalized spacial score (nSPS) is 24.7. The van der Waals surface area contributed by atoms with Gasteiger partial charge in [-0.05, 0) is 35.0 Å². The van der Waals surface area contributed by atoms with Crippen molar-refractivity contribution in [1.29, 1.82) is 5.26 Å². The van der Waals surface area contributed by atoms with Crippen LogP contribution in [0.3, 0.4) is 0 Å². The Morgan fingerprint density at radius 2 is 1.90 bits per heavy atom. The third-order valence-corrected chi connectivity index (χ3v) is 12.4. The standard InChI is InChI=1S/C22H38N4O4Si/c1-14(2)12-31(13-15(3)4,22(5,6)7)30-19-16(10-23)20(29-17(19)11-27)26-9-8-18(24)25-21(26)28/h8-9,14-17,19-20,27H,11-13H2,1-7H3,(H2,24,25,28)/t16-,17+,19-,20+/m0/s1. The van der Waals surface area contributed by atoms with E-state index < -0.39 is 38.4 Å². The van der Waals surface area contributed by atoms with E-state index in [9.17, 15) is 15.2 Å². The van der Waals surface area contributed by atoms with E-state index in [4.69, 9.17) is 14.9 Å². The van der Waals surface area contributed by atoms with E-state index in [2.05, 4.69) is 59.5 Å². The summed E-state index contributed by atoms with van der Waals surface area (Å²) >= 11 is 0. The molecule has 1 aliphatic rings. The number of aliphatic hydroxyl groups excluding tert-OH is 1. The van der Waals surface area contributed by atoms with Gasteiger partial charge in [-0.2, -0.15) is 10.2 Å². The number of hydrogen-bond donors (Lipinski definition) is 2. The lowest BCUT2D eigenvalue weighted by atomic mass is 10.0. The number of nitriles is 1. The lowest BCUT2D eigenvalue weighted by Crippen LogP contribution is -2.54. The molecule has 3 N–H and O–H groups in total. The highest BCUT2D eigenvalue weighted by Gasteiger charge is 2.54. The number of aliphatic hydroxyl groups is 1. The molecular formula is C22H38N4O4Si. The van der Waals surface area contributed by atoms with E-state index in [1.165, 1.54) is 16.8 Å². The average molecular weight is 451 g/mol. The van der Waals surface area contributed by atoms with Crippen LogP contribution in [0.5, 0.6) is 0 Å². The van der Waals surface area contributed by atoms with Gasteiger partial charge in [-0.1, -0.05) is 48.5 Å². The first-order chi connectivity index (χ1) is 14.3. The summed E-state index contributed by atoms with van der Waals surface area (Å²) in [5.74, 6) is 0.209. The van der Waals surface area contributed by atoms with Crippen molar-refractivity contribution in [2.24, 2.45) is 17.8 Å². The molecule has 0 aromatic carbocycles. The van der Waals surface area contributed by atoms with E-state index in [0.29, 0.717) is 11.8 Å². The second kappa shape index (κ2) is 9.82. The van der Waals surface area contributed by atoms with Crippen molar-refractivity contribution < 1.29 is 14.3 Å². The minimum atomic E-state index is -2.42. The topological polar surface area (TPSA) is 123 Å². The number of ether oxygens (including phenoxy) is 1. The van der Waals surface area contributed by atoms with Crippen molar-refractivity contribution in [3.8, 4) is 6.07 Å². The van der Waals surface area contributed by atoms with Crippen LogP contribution in [-0.4, -0.2) is 41.8 Å². The monoisotopic (exact) mass is 450 g/mol. The molecule has 174 valence electrons. The first-order valence-electron chi connectivity index (χ1n) is 11.0. The average Bonchev–Trinajstić information content (AvgIpc) is 2.96. The summed E-state index contributed by atoms with van der Waals surface area (Å²) < 4.78 is 14.3. The SMILES string of the molecule is CC(C)C[Si](CC(C)C)(O[C@H]1[C@H](C#N)[C@H](n2ccc(N)nc2=O)O[C@@H]1CO)C(C)(C)C. The van der Waals surface area contributed by atoms with E-state index >= 15 is 0 Å². The molecule has 1 aliphatic heterocycles. The van der Waals surface area contributed by atoms with Gasteiger partial charge in [-0.3, -0.25) is 4.57 Å². The molecule has 2 heterocycles. The van der Waals surface area contributed by atoms with Gasteiger partial charge < -0.3 is 20.0 Å². The molecule has 4 atom stereocenters. The van der Waals surface area contributed by atoms with Crippen molar-refractivity contribution in [3.05, 3.63) is 22.7 Å². The number of aromatic nitrogens is 2. The van der Waals surface area contributed by atoms with Gasteiger partial charge in [0, 0.05) is 6.20 Å². The molecular weight excluding hydrogens is 412 g/mol. The summed E-state index contributed by atoms with van der Waals surface area (Å²) in [6.07, 6.45) is -0.745. The maximum Gasteiger partial charge on any atom is 0.351 e. The molecule has 0 bridgehead atoms. The zero-order valence-electron chi connectivity index (χ0n) is 19.8. The van der Waals surface area contributed by atoms with Crippen LogP contribution in [0.4, 0.5) is 5.82 Å². The molecule has 9 heteroatoms. The number of anilines is 1. The molecule has 0 aliphatic carbocycles. The van der Waals surface area contributed by atoms with E-state index in [0.717, 1.165) is 12.1 Å². The molecule has 1 saturated heterocycles. The van der Waals surface area contributed by atoms with Gasteiger partial charge in [-0.15, -0.1) is 0 Å². The predicted molar refractivity (Wildman–Crippen MR) is 123 cm³/mol. The third kappa shape index (κ3) is 5.55. The largest absolute Gasteiger partial charge is 0.409 e. The van der Waals surface area contributed by atoms with Crippen LogP contribution in [0, 0.1) is 29.1 Å². The second-order valence-electron chi connectivity index (χ2n) is 10.5. The van der Waals surface area contributed by atoms with Gasteiger partial charge in [0.05, 0.1) is 18.8 Å². The zero-order valence-corrected chi connectivity index (χ0v) is 20.8. The van der Waals surface area contributed by atoms with Gasteiger partial charge in [0.2, 0.25) is 0 Å². The van der Waals surface area contributed by atoms with Crippen molar-refractivity contribution >= 4 is 14.1 Å². The molecule has 0 spiro atoms. The number of nitrogens with zero attached hydrogens (tertiary/aromatic N) is 3. The van der Waals surface area contributed by atoms with Crippen molar-refractivity contribution in [3.63, 3.8) is 0 Å². The Morgan fingerprint density at radius 1 is 1.32 bits per heavy atom. The number of nitrogens with two attached hydrogens (primary N) is 1. The van der Waals surface area contributed by atoms with Crippen LogP contribution in [-0.2, 0) is 9.16 Å². The predicted octanol–water partition coefficient (Wildman–Crippen LogP) is 3.30. The maximum atomic E-state index is 12.4. The first-order valence-corrected chi connectivity index (χ1v) is 13.4. The van der Waals surface area contributed by atoms with E-state index in [1.54, 1.807) is 0 Å². The molecule has 1 fully saturated rings. The van der Waals surface area contributed by atoms with Gasteiger partial charge >= 0.3 is 5.69 Å². The van der Waals surface area contributed by atoms with Gasteiger partial charge in [0.25, 0.3) is 0 Å². The minimum Gasteiger partial charge on any atom is -0.409 e. The molecule has 0 radical (unpaired) electrons.